The predicted molar refractivity (Wildman–Crippen MR) is 45.8 cm³/mol. The SMILES string of the molecule is Cn1cncc1-c1ncc(C(F)(F)F)[nH]1. The van der Waals surface area contributed by atoms with Gasteiger partial charge in [0.25, 0.3) is 0 Å². The first-order valence-electron chi connectivity index (χ1n) is 4.07. The number of rotatable bonds is 1. The molecular weight excluding hydrogens is 209 g/mol. The van der Waals surface area contributed by atoms with Crippen LogP contribution < -0.4 is 0 Å². The lowest BCUT2D eigenvalue weighted by molar-refractivity contribution is -0.140. The molecule has 0 fully saturated rings. The van der Waals surface area contributed by atoms with Crippen LogP contribution in [0.4, 0.5) is 13.2 Å². The second kappa shape index (κ2) is 3.11. The van der Waals surface area contributed by atoms with Crippen molar-refractivity contribution in [2.75, 3.05) is 0 Å². The zero-order valence-electron chi connectivity index (χ0n) is 7.71. The van der Waals surface area contributed by atoms with Crippen molar-refractivity contribution < 1.29 is 13.2 Å². The fourth-order valence-corrected chi connectivity index (χ4v) is 1.18. The lowest BCUT2D eigenvalue weighted by Gasteiger charge is -2.01. The van der Waals surface area contributed by atoms with Gasteiger partial charge in [-0.2, -0.15) is 13.2 Å². The van der Waals surface area contributed by atoms with E-state index in [4.69, 9.17) is 0 Å². The van der Waals surface area contributed by atoms with E-state index in [2.05, 4.69) is 15.0 Å². The van der Waals surface area contributed by atoms with Crippen LogP contribution in [0.2, 0.25) is 0 Å². The van der Waals surface area contributed by atoms with Crippen molar-refractivity contribution in [2.24, 2.45) is 7.05 Å². The molecular formula is C8H7F3N4. The van der Waals surface area contributed by atoms with E-state index in [1.54, 1.807) is 11.6 Å². The van der Waals surface area contributed by atoms with E-state index in [9.17, 15) is 13.2 Å². The number of aromatic nitrogens is 4. The Bertz CT molecular complexity index is 468. The third-order valence-electron chi connectivity index (χ3n) is 1.94. The molecule has 2 rings (SSSR count). The third kappa shape index (κ3) is 1.72. The van der Waals surface area contributed by atoms with E-state index in [0.717, 1.165) is 6.20 Å². The van der Waals surface area contributed by atoms with Crippen molar-refractivity contribution in [2.45, 2.75) is 6.18 Å². The van der Waals surface area contributed by atoms with Crippen LogP contribution in [0.1, 0.15) is 5.69 Å². The summed E-state index contributed by atoms with van der Waals surface area (Å²) < 4.78 is 38.3. The van der Waals surface area contributed by atoms with E-state index in [0.29, 0.717) is 5.69 Å². The molecule has 2 heterocycles. The minimum atomic E-state index is -4.40. The predicted octanol–water partition coefficient (Wildman–Crippen LogP) is 1.83. The van der Waals surface area contributed by atoms with Gasteiger partial charge < -0.3 is 9.55 Å². The minimum absolute atomic E-state index is 0.155. The molecule has 0 radical (unpaired) electrons. The average Bonchev–Trinajstić information content (AvgIpc) is 2.69. The van der Waals surface area contributed by atoms with E-state index in [1.165, 1.54) is 12.5 Å². The number of H-pyrrole nitrogens is 1. The Morgan fingerprint density at radius 1 is 1.33 bits per heavy atom. The topological polar surface area (TPSA) is 46.5 Å². The molecule has 80 valence electrons. The zero-order chi connectivity index (χ0) is 11.1. The summed E-state index contributed by atoms with van der Waals surface area (Å²) in [6.45, 7) is 0. The maximum absolute atomic E-state index is 12.2. The largest absolute Gasteiger partial charge is 0.432 e. The molecule has 4 nitrogen and oxygen atoms in total. The fourth-order valence-electron chi connectivity index (χ4n) is 1.18. The minimum Gasteiger partial charge on any atom is -0.333 e. The molecule has 2 aromatic heterocycles. The number of aromatic amines is 1. The Morgan fingerprint density at radius 3 is 2.53 bits per heavy atom. The maximum atomic E-state index is 12.2. The number of nitrogens with one attached hydrogen (secondary N) is 1. The normalized spacial score (nSPS) is 12.0. The molecule has 0 aliphatic rings. The molecule has 0 aromatic carbocycles. The molecule has 0 unspecified atom stereocenters. The van der Waals surface area contributed by atoms with Crippen molar-refractivity contribution >= 4 is 0 Å². The molecule has 0 atom stereocenters. The first-order chi connectivity index (χ1) is 6.98. The Balaban J connectivity index is 2.41. The molecule has 0 aliphatic carbocycles. The standard InChI is InChI=1S/C8H7F3N4/c1-15-4-12-2-5(15)7-13-3-6(14-7)8(9,10)11/h2-4H,1H3,(H,13,14). The monoisotopic (exact) mass is 216 g/mol. The lowest BCUT2D eigenvalue weighted by Crippen LogP contribution is -2.05. The molecule has 1 N–H and O–H groups in total. The quantitative estimate of drug-likeness (QED) is 0.790. The van der Waals surface area contributed by atoms with Gasteiger partial charge in [-0.25, -0.2) is 9.97 Å². The number of hydrogen-bond donors (Lipinski definition) is 1. The molecule has 0 saturated carbocycles. The van der Waals surface area contributed by atoms with Crippen LogP contribution in [0.3, 0.4) is 0 Å². The van der Waals surface area contributed by atoms with Crippen LogP contribution in [0.25, 0.3) is 11.5 Å². The Hall–Kier alpha value is -1.79. The highest BCUT2D eigenvalue weighted by Crippen LogP contribution is 2.28. The molecule has 0 bridgehead atoms. The third-order valence-corrected chi connectivity index (χ3v) is 1.94. The van der Waals surface area contributed by atoms with E-state index < -0.39 is 11.9 Å². The molecule has 0 amide bonds. The van der Waals surface area contributed by atoms with Crippen LogP contribution >= 0.6 is 0 Å². The molecule has 15 heavy (non-hydrogen) atoms. The van der Waals surface area contributed by atoms with E-state index in [1.807, 2.05) is 0 Å². The van der Waals surface area contributed by atoms with Gasteiger partial charge in [0, 0.05) is 7.05 Å². The highest BCUT2D eigenvalue weighted by molar-refractivity contribution is 5.48. The summed E-state index contributed by atoms with van der Waals surface area (Å²) in [5.74, 6) is 0.155. The van der Waals surface area contributed by atoms with Gasteiger partial charge in [-0.1, -0.05) is 0 Å². The van der Waals surface area contributed by atoms with Crippen LogP contribution in [-0.2, 0) is 13.2 Å². The second-order valence-corrected chi connectivity index (χ2v) is 3.03. The Labute approximate surface area is 82.8 Å². The van der Waals surface area contributed by atoms with Crippen LogP contribution in [0.15, 0.2) is 18.7 Å². The van der Waals surface area contributed by atoms with Crippen molar-refractivity contribution in [1.29, 1.82) is 0 Å². The summed E-state index contributed by atoms with van der Waals surface area (Å²) in [6.07, 6.45) is -0.698. The molecule has 0 spiro atoms. The number of aryl methyl sites for hydroxylation is 1. The average molecular weight is 216 g/mol. The van der Waals surface area contributed by atoms with Crippen molar-refractivity contribution in [3.63, 3.8) is 0 Å². The summed E-state index contributed by atoms with van der Waals surface area (Å²) in [6, 6.07) is 0. The van der Waals surface area contributed by atoms with Crippen LogP contribution in [0, 0.1) is 0 Å². The van der Waals surface area contributed by atoms with Gasteiger partial charge in [-0.3, -0.25) is 0 Å². The molecule has 0 aliphatic heterocycles. The summed E-state index contributed by atoms with van der Waals surface area (Å²) in [5.41, 5.74) is -0.357. The van der Waals surface area contributed by atoms with E-state index >= 15 is 0 Å². The number of hydrogen-bond acceptors (Lipinski definition) is 2. The lowest BCUT2D eigenvalue weighted by atomic mass is 10.4. The Kier molecular flexibility index (Phi) is 2.02. The number of alkyl halides is 3. The summed E-state index contributed by atoms with van der Waals surface area (Å²) in [4.78, 5) is 9.64. The van der Waals surface area contributed by atoms with Crippen molar-refractivity contribution in [3.8, 4) is 11.5 Å². The smallest absolute Gasteiger partial charge is 0.333 e. The fraction of sp³-hybridized carbons (Fsp3) is 0.250. The van der Waals surface area contributed by atoms with Gasteiger partial charge in [0.15, 0.2) is 5.82 Å². The number of halogens is 3. The van der Waals surface area contributed by atoms with Crippen LogP contribution in [0.5, 0.6) is 0 Å². The number of imidazole rings is 2. The zero-order valence-corrected chi connectivity index (χ0v) is 7.71. The number of nitrogens with zero attached hydrogens (tertiary/aromatic N) is 3. The van der Waals surface area contributed by atoms with Gasteiger partial charge >= 0.3 is 6.18 Å². The first-order valence-corrected chi connectivity index (χ1v) is 4.07. The molecule has 0 saturated heterocycles. The van der Waals surface area contributed by atoms with Gasteiger partial charge in [0.05, 0.1) is 18.7 Å². The summed E-state index contributed by atoms with van der Waals surface area (Å²) in [7, 11) is 1.68. The summed E-state index contributed by atoms with van der Waals surface area (Å²) >= 11 is 0. The van der Waals surface area contributed by atoms with Crippen LogP contribution in [-0.4, -0.2) is 19.5 Å². The molecule has 7 heteroatoms. The molecule has 2 aromatic rings. The first kappa shape index (κ1) is 9.75. The van der Waals surface area contributed by atoms with Gasteiger partial charge in [0.1, 0.15) is 11.4 Å². The van der Waals surface area contributed by atoms with E-state index in [-0.39, 0.29) is 5.82 Å². The highest BCUT2D eigenvalue weighted by atomic mass is 19.4. The Morgan fingerprint density at radius 2 is 2.07 bits per heavy atom. The maximum Gasteiger partial charge on any atom is 0.432 e. The second-order valence-electron chi connectivity index (χ2n) is 3.03. The highest BCUT2D eigenvalue weighted by Gasteiger charge is 2.33. The van der Waals surface area contributed by atoms with Crippen molar-refractivity contribution in [1.82, 2.24) is 19.5 Å². The van der Waals surface area contributed by atoms with Gasteiger partial charge in [0.2, 0.25) is 0 Å². The van der Waals surface area contributed by atoms with Crippen molar-refractivity contribution in [3.05, 3.63) is 24.4 Å². The van der Waals surface area contributed by atoms with Gasteiger partial charge in [-0.05, 0) is 0 Å². The van der Waals surface area contributed by atoms with Gasteiger partial charge in [-0.15, -0.1) is 0 Å². The summed E-state index contributed by atoms with van der Waals surface area (Å²) in [5, 5.41) is 0.